The summed E-state index contributed by atoms with van der Waals surface area (Å²) in [6.45, 7) is 1.97. The Kier molecular flexibility index (Phi) is 6.17. The van der Waals surface area contributed by atoms with E-state index < -0.39 is 0 Å². The number of halogens is 1. The van der Waals surface area contributed by atoms with Gasteiger partial charge in [0.05, 0.1) is 0 Å². The van der Waals surface area contributed by atoms with Crippen LogP contribution in [0.5, 0.6) is 0 Å². The lowest BCUT2D eigenvalue weighted by molar-refractivity contribution is -0.114. The topological polar surface area (TPSA) is 70.2 Å². The molecule has 0 fully saturated rings. The van der Waals surface area contributed by atoms with Gasteiger partial charge < -0.3 is 16.0 Å². The third-order valence-corrected chi connectivity index (χ3v) is 3.85. The molecule has 120 valence electrons. The van der Waals surface area contributed by atoms with E-state index in [0.29, 0.717) is 17.9 Å². The average Bonchev–Trinajstić information content (AvgIpc) is 2.49. The van der Waals surface area contributed by atoms with Crippen LogP contribution in [0, 0.1) is 0 Å². The van der Waals surface area contributed by atoms with Crippen LogP contribution in [0.1, 0.15) is 12.5 Å². The van der Waals surface area contributed by atoms with Gasteiger partial charge in [0.1, 0.15) is 0 Å². The highest BCUT2D eigenvalue weighted by Gasteiger charge is 2.04. The number of hydrogen-bond acceptors (Lipinski definition) is 2. The number of urea groups is 1. The number of carbonyl (C=O) groups excluding carboxylic acids is 2. The van der Waals surface area contributed by atoms with E-state index in [9.17, 15) is 9.59 Å². The normalized spacial score (nSPS) is 10.0. The Morgan fingerprint density at radius 2 is 1.70 bits per heavy atom. The van der Waals surface area contributed by atoms with Crippen LogP contribution < -0.4 is 16.0 Å². The molecule has 0 heterocycles. The molecular formula is C17H18BrN3O2. The second kappa shape index (κ2) is 8.33. The summed E-state index contributed by atoms with van der Waals surface area (Å²) in [7, 11) is 0. The third kappa shape index (κ3) is 5.75. The smallest absolute Gasteiger partial charge is 0.319 e. The van der Waals surface area contributed by atoms with Gasteiger partial charge in [-0.15, -0.1) is 0 Å². The number of carbonyl (C=O) groups is 2. The Balaban J connectivity index is 1.83. The Morgan fingerprint density at radius 3 is 2.39 bits per heavy atom. The van der Waals surface area contributed by atoms with E-state index in [4.69, 9.17) is 0 Å². The van der Waals surface area contributed by atoms with Crippen molar-refractivity contribution in [2.24, 2.45) is 0 Å². The van der Waals surface area contributed by atoms with Crippen LogP contribution in [0.4, 0.5) is 16.2 Å². The van der Waals surface area contributed by atoms with E-state index >= 15 is 0 Å². The van der Waals surface area contributed by atoms with Gasteiger partial charge >= 0.3 is 6.03 Å². The number of anilines is 2. The lowest BCUT2D eigenvalue weighted by atomic mass is 10.1. The maximum absolute atomic E-state index is 11.9. The minimum Gasteiger partial charge on any atom is -0.338 e. The van der Waals surface area contributed by atoms with Crippen LogP contribution >= 0.6 is 15.9 Å². The predicted octanol–water partition coefficient (Wildman–Crippen LogP) is 3.77. The summed E-state index contributed by atoms with van der Waals surface area (Å²) in [5, 5.41) is 8.23. The van der Waals surface area contributed by atoms with Gasteiger partial charge in [0, 0.05) is 29.3 Å². The summed E-state index contributed by atoms with van der Waals surface area (Å²) in [6.07, 6.45) is 0.737. The molecule has 0 bridgehead atoms. The van der Waals surface area contributed by atoms with E-state index in [0.717, 1.165) is 16.5 Å². The van der Waals surface area contributed by atoms with Crippen LogP contribution in [0.2, 0.25) is 0 Å². The van der Waals surface area contributed by atoms with Crippen molar-refractivity contribution in [1.29, 1.82) is 0 Å². The molecule has 0 spiro atoms. The maximum atomic E-state index is 11.9. The van der Waals surface area contributed by atoms with E-state index in [1.54, 1.807) is 24.3 Å². The average molecular weight is 376 g/mol. The van der Waals surface area contributed by atoms with Gasteiger partial charge in [-0.3, -0.25) is 4.79 Å². The van der Waals surface area contributed by atoms with Crippen molar-refractivity contribution in [2.45, 2.75) is 13.3 Å². The highest BCUT2D eigenvalue weighted by Crippen LogP contribution is 2.16. The number of hydrogen-bond donors (Lipinski definition) is 3. The summed E-state index contributed by atoms with van der Waals surface area (Å²) >= 11 is 3.48. The fraction of sp³-hybridized carbons (Fsp3) is 0.176. The second-order valence-electron chi connectivity index (χ2n) is 4.98. The molecule has 6 heteroatoms. The van der Waals surface area contributed by atoms with Crippen molar-refractivity contribution >= 4 is 39.2 Å². The molecule has 0 saturated heterocycles. The van der Waals surface area contributed by atoms with E-state index in [1.165, 1.54) is 6.92 Å². The molecule has 0 aliphatic rings. The lowest BCUT2D eigenvalue weighted by Crippen LogP contribution is -2.30. The highest BCUT2D eigenvalue weighted by molar-refractivity contribution is 9.10. The maximum Gasteiger partial charge on any atom is 0.319 e. The first-order valence-corrected chi connectivity index (χ1v) is 8.00. The Bertz CT molecular complexity index is 704. The minimum absolute atomic E-state index is 0.153. The SMILES string of the molecule is CC(=O)Nc1cccc(NC(=O)NCCc2ccccc2Br)c1. The summed E-state index contributed by atoms with van der Waals surface area (Å²) in [4.78, 5) is 22.9. The number of benzene rings is 2. The Hall–Kier alpha value is -2.34. The van der Waals surface area contributed by atoms with Gasteiger partial charge in [-0.25, -0.2) is 4.79 Å². The molecule has 2 aromatic carbocycles. The highest BCUT2D eigenvalue weighted by atomic mass is 79.9. The summed E-state index contributed by atoms with van der Waals surface area (Å²) < 4.78 is 1.03. The molecule has 3 amide bonds. The molecule has 23 heavy (non-hydrogen) atoms. The zero-order valence-corrected chi connectivity index (χ0v) is 14.3. The van der Waals surface area contributed by atoms with Crippen LogP contribution in [-0.4, -0.2) is 18.5 Å². The van der Waals surface area contributed by atoms with Crippen molar-refractivity contribution in [3.8, 4) is 0 Å². The zero-order valence-electron chi connectivity index (χ0n) is 12.7. The summed E-state index contributed by atoms with van der Waals surface area (Å²) in [6, 6.07) is 14.6. The van der Waals surface area contributed by atoms with Crippen LogP contribution in [-0.2, 0) is 11.2 Å². The first kappa shape index (κ1) is 17.0. The van der Waals surface area contributed by atoms with Crippen LogP contribution in [0.3, 0.4) is 0 Å². The van der Waals surface area contributed by atoms with Crippen LogP contribution in [0.25, 0.3) is 0 Å². The van der Waals surface area contributed by atoms with Crippen molar-refractivity contribution in [3.05, 3.63) is 58.6 Å². The largest absolute Gasteiger partial charge is 0.338 e. The quantitative estimate of drug-likeness (QED) is 0.744. The zero-order chi connectivity index (χ0) is 16.7. The van der Waals surface area contributed by atoms with Gasteiger partial charge in [0.25, 0.3) is 0 Å². The lowest BCUT2D eigenvalue weighted by Gasteiger charge is -2.10. The molecule has 0 radical (unpaired) electrons. The molecule has 2 aromatic rings. The van der Waals surface area contributed by atoms with Gasteiger partial charge in [-0.05, 0) is 36.2 Å². The van der Waals surface area contributed by atoms with Crippen molar-refractivity contribution in [3.63, 3.8) is 0 Å². The molecule has 0 unspecified atom stereocenters. The summed E-state index contributed by atoms with van der Waals surface area (Å²) in [5.74, 6) is -0.153. The van der Waals surface area contributed by atoms with E-state index in [2.05, 4.69) is 31.9 Å². The molecule has 0 aromatic heterocycles. The molecular weight excluding hydrogens is 358 g/mol. The van der Waals surface area contributed by atoms with Gasteiger partial charge in [-0.1, -0.05) is 40.2 Å². The first-order chi connectivity index (χ1) is 11.0. The van der Waals surface area contributed by atoms with E-state index in [1.807, 2.05) is 24.3 Å². The van der Waals surface area contributed by atoms with Gasteiger partial charge in [-0.2, -0.15) is 0 Å². The molecule has 0 saturated carbocycles. The number of rotatable bonds is 5. The molecule has 5 nitrogen and oxygen atoms in total. The molecule has 0 atom stereocenters. The van der Waals surface area contributed by atoms with Crippen LogP contribution in [0.15, 0.2) is 53.0 Å². The standard InChI is InChI=1S/C17H18BrN3O2/c1-12(22)20-14-6-4-7-15(11-14)21-17(23)19-10-9-13-5-2-3-8-16(13)18/h2-8,11H,9-10H2,1H3,(H,20,22)(H2,19,21,23). The molecule has 3 N–H and O–H groups in total. The summed E-state index contributed by atoms with van der Waals surface area (Å²) in [5.41, 5.74) is 2.40. The van der Waals surface area contributed by atoms with E-state index in [-0.39, 0.29) is 11.9 Å². The molecule has 0 aliphatic heterocycles. The Morgan fingerprint density at radius 1 is 1.00 bits per heavy atom. The van der Waals surface area contributed by atoms with Crippen molar-refractivity contribution < 1.29 is 9.59 Å². The first-order valence-electron chi connectivity index (χ1n) is 7.20. The minimum atomic E-state index is -0.281. The van der Waals surface area contributed by atoms with Crippen molar-refractivity contribution in [2.75, 3.05) is 17.2 Å². The molecule has 2 rings (SSSR count). The fourth-order valence-corrected chi connectivity index (χ4v) is 2.55. The molecule has 0 aliphatic carbocycles. The predicted molar refractivity (Wildman–Crippen MR) is 95.6 cm³/mol. The van der Waals surface area contributed by atoms with Gasteiger partial charge in [0.2, 0.25) is 5.91 Å². The monoisotopic (exact) mass is 375 g/mol. The number of nitrogens with one attached hydrogen (secondary N) is 3. The second-order valence-corrected chi connectivity index (χ2v) is 5.84. The third-order valence-electron chi connectivity index (χ3n) is 3.08. The van der Waals surface area contributed by atoms with Crippen molar-refractivity contribution in [1.82, 2.24) is 5.32 Å². The Labute approximate surface area is 143 Å². The fourth-order valence-electron chi connectivity index (χ4n) is 2.07. The van der Waals surface area contributed by atoms with Gasteiger partial charge in [0.15, 0.2) is 0 Å². The number of amides is 3.